The Morgan fingerprint density at radius 2 is 1.94 bits per heavy atom. The SMILES string of the molecule is O=C(NCc1cncc2ccccc12)N1C(=O)O[C@H](c2cccc(C(F)(F)F)c2)[C@@H]1CO. The minimum Gasteiger partial charge on any atom is -0.439 e. The summed E-state index contributed by atoms with van der Waals surface area (Å²) in [5, 5.41) is 14.1. The highest BCUT2D eigenvalue weighted by atomic mass is 19.4. The molecule has 2 atom stereocenters. The molecule has 10 heteroatoms. The number of ether oxygens (including phenoxy) is 1. The van der Waals surface area contributed by atoms with E-state index in [2.05, 4.69) is 10.3 Å². The lowest BCUT2D eigenvalue weighted by molar-refractivity contribution is -0.137. The van der Waals surface area contributed by atoms with Crippen LogP contribution in [0.1, 0.15) is 22.8 Å². The Bertz CT molecular complexity index is 1160. The van der Waals surface area contributed by atoms with Gasteiger partial charge in [-0.3, -0.25) is 4.98 Å². The zero-order valence-corrected chi connectivity index (χ0v) is 16.5. The molecule has 0 aliphatic carbocycles. The Hall–Kier alpha value is -3.66. The number of halogens is 3. The zero-order chi connectivity index (χ0) is 22.9. The van der Waals surface area contributed by atoms with Gasteiger partial charge in [0, 0.05) is 24.3 Å². The van der Waals surface area contributed by atoms with E-state index in [-0.39, 0.29) is 12.1 Å². The highest BCUT2D eigenvalue weighted by Crippen LogP contribution is 2.36. The molecule has 32 heavy (non-hydrogen) atoms. The molecule has 2 N–H and O–H groups in total. The number of nitrogens with zero attached hydrogens (tertiary/aromatic N) is 2. The number of urea groups is 1. The van der Waals surface area contributed by atoms with Crippen LogP contribution in [0.2, 0.25) is 0 Å². The Balaban J connectivity index is 1.53. The molecule has 4 rings (SSSR count). The average Bonchev–Trinajstić information content (AvgIpc) is 3.13. The third-order valence-corrected chi connectivity index (χ3v) is 5.23. The van der Waals surface area contributed by atoms with Crippen molar-refractivity contribution in [3.05, 3.63) is 77.6 Å². The second kappa shape index (κ2) is 8.46. The molecule has 3 amide bonds. The summed E-state index contributed by atoms with van der Waals surface area (Å²) in [7, 11) is 0. The normalized spacial score (nSPS) is 18.6. The molecule has 3 aromatic rings. The molecule has 1 saturated heterocycles. The predicted octanol–water partition coefficient (Wildman–Crippen LogP) is 4.02. The molecular weight excluding hydrogens is 427 g/mol. The van der Waals surface area contributed by atoms with E-state index < -0.39 is 42.6 Å². The highest BCUT2D eigenvalue weighted by Gasteiger charge is 2.46. The third kappa shape index (κ3) is 4.09. The number of hydrogen-bond donors (Lipinski definition) is 2. The molecule has 0 radical (unpaired) electrons. The first-order valence-corrected chi connectivity index (χ1v) is 9.67. The lowest BCUT2D eigenvalue weighted by Gasteiger charge is -2.22. The van der Waals surface area contributed by atoms with Gasteiger partial charge in [0.1, 0.15) is 6.04 Å². The van der Waals surface area contributed by atoms with Crippen LogP contribution in [-0.2, 0) is 17.5 Å². The number of rotatable bonds is 4. The van der Waals surface area contributed by atoms with Crippen LogP contribution in [0.3, 0.4) is 0 Å². The fourth-order valence-corrected chi connectivity index (χ4v) is 3.68. The lowest BCUT2D eigenvalue weighted by Crippen LogP contribution is -2.46. The summed E-state index contributed by atoms with van der Waals surface area (Å²) in [6, 6.07) is 9.65. The summed E-state index contributed by atoms with van der Waals surface area (Å²) in [6.07, 6.45) is -3.61. The first-order chi connectivity index (χ1) is 15.3. The summed E-state index contributed by atoms with van der Waals surface area (Å²) in [5.41, 5.74) is -0.186. The van der Waals surface area contributed by atoms with Gasteiger partial charge in [0.15, 0.2) is 6.10 Å². The number of amides is 3. The zero-order valence-electron chi connectivity index (χ0n) is 16.5. The molecule has 166 valence electrons. The van der Waals surface area contributed by atoms with Crippen molar-refractivity contribution in [2.45, 2.75) is 24.9 Å². The van der Waals surface area contributed by atoms with Crippen LogP contribution in [0.5, 0.6) is 0 Å². The van der Waals surface area contributed by atoms with E-state index in [4.69, 9.17) is 4.74 Å². The number of aliphatic hydroxyl groups excluding tert-OH is 1. The van der Waals surface area contributed by atoms with Crippen molar-refractivity contribution in [2.24, 2.45) is 0 Å². The van der Waals surface area contributed by atoms with Crippen molar-refractivity contribution in [1.29, 1.82) is 0 Å². The van der Waals surface area contributed by atoms with Gasteiger partial charge >= 0.3 is 18.3 Å². The average molecular weight is 445 g/mol. The van der Waals surface area contributed by atoms with Crippen LogP contribution >= 0.6 is 0 Å². The van der Waals surface area contributed by atoms with E-state index in [0.29, 0.717) is 10.5 Å². The number of aromatic nitrogens is 1. The summed E-state index contributed by atoms with van der Waals surface area (Å²) < 4.78 is 44.3. The fourth-order valence-electron chi connectivity index (χ4n) is 3.68. The number of carbonyl (C=O) groups excluding carboxylic acids is 2. The Kier molecular flexibility index (Phi) is 5.70. The molecule has 0 bridgehead atoms. The third-order valence-electron chi connectivity index (χ3n) is 5.23. The van der Waals surface area contributed by atoms with Gasteiger partial charge in [0.05, 0.1) is 12.2 Å². The smallest absolute Gasteiger partial charge is 0.419 e. The van der Waals surface area contributed by atoms with Gasteiger partial charge in [0.2, 0.25) is 0 Å². The van der Waals surface area contributed by atoms with Crippen LogP contribution in [0.4, 0.5) is 22.8 Å². The van der Waals surface area contributed by atoms with Gasteiger partial charge in [0.25, 0.3) is 0 Å². The van der Waals surface area contributed by atoms with Gasteiger partial charge in [-0.05, 0) is 28.6 Å². The van der Waals surface area contributed by atoms with E-state index in [0.717, 1.165) is 22.9 Å². The number of imide groups is 1. The molecule has 2 heterocycles. The van der Waals surface area contributed by atoms with Crippen molar-refractivity contribution in [2.75, 3.05) is 6.61 Å². The number of alkyl halides is 3. The number of pyridine rings is 1. The monoisotopic (exact) mass is 445 g/mol. The largest absolute Gasteiger partial charge is 0.439 e. The predicted molar refractivity (Wildman–Crippen MR) is 107 cm³/mol. The Labute approximate surface area is 180 Å². The molecule has 0 unspecified atom stereocenters. The summed E-state index contributed by atoms with van der Waals surface area (Å²) in [4.78, 5) is 29.9. The second-order valence-corrected chi connectivity index (χ2v) is 7.23. The molecule has 1 aromatic heterocycles. The number of cyclic esters (lactones) is 1. The fraction of sp³-hybridized carbons (Fsp3) is 0.227. The number of fused-ring (bicyclic) bond motifs is 1. The maximum absolute atomic E-state index is 13.1. The standard InChI is InChI=1S/C22H18F3N3O4/c23-22(24,25)16-6-3-5-13(8-16)19-18(12-29)28(21(31)32-19)20(30)27-11-15-10-26-9-14-4-1-2-7-17(14)15/h1-10,18-19,29H,11-12H2,(H,27,30)/t18-,19+/m0/s1. The van der Waals surface area contributed by atoms with Crippen LogP contribution < -0.4 is 5.32 Å². The first kappa shape index (κ1) is 21.6. The molecule has 1 fully saturated rings. The van der Waals surface area contributed by atoms with Gasteiger partial charge < -0.3 is 15.2 Å². The number of nitrogens with one attached hydrogen (secondary N) is 1. The number of hydrogen-bond acceptors (Lipinski definition) is 5. The molecule has 0 spiro atoms. The lowest BCUT2D eigenvalue weighted by atomic mass is 10.0. The topological polar surface area (TPSA) is 91.8 Å². The first-order valence-electron chi connectivity index (χ1n) is 9.67. The molecular formula is C22H18F3N3O4. The quantitative estimate of drug-likeness (QED) is 0.633. The minimum atomic E-state index is -4.59. The minimum absolute atomic E-state index is 0.0285. The van der Waals surface area contributed by atoms with Gasteiger partial charge in [-0.15, -0.1) is 0 Å². The molecule has 0 saturated carbocycles. The maximum atomic E-state index is 13.1. The Morgan fingerprint density at radius 1 is 1.16 bits per heavy atom. The van der Waals surface area contributed by atoms with Gasteiger partial charge in [-0.1, -0.05) is 36.4 Å². The summed E-state index contributed by atoms with van der Waals surface area (Å²) in [6.45, 7) is -0.640. The van der Waals surface area contributed by atoms with E-state index in [9.17, 15) is 27.9 Å². The van der Waals surface area contributed by atoms with Crippen molar-refractivity contribution in [3.8, 4) is 0 Å². The van der Waals surface area contributed by atoms with Crippen LogP contribution in [0.15, 0.2) is 60.9 Å². The van der Waals surface area contributed by atoms with E-state index in [1.807, 2.05) is 24.3 Å². The number of benzene rings is 2. The highest BCUT2D eigenvalue weighted by molar-refractivity contribution is 5.93. The van der Waals surface area contributed by atoms with E-state index >= 15 is 0 Å². The summed E-state index contributed by atoms with van der Waals surface area (Å²) in [5.74, 6) is 0. The Morgan fingerprint density at radius 3 is 2.69 bits per heavy atom. The van der Waals surface area contributed by atoms with Gasteiger partial charge in [-0.25, -0.2) is 14.5 Å². The van der Waals surface area contributed by atoms with Crippen LogP contribution in [0.25, 0.3) is 10.8 Å². The van der Waals surface area contributed by atoms with Crippen LogP contribution in [0, 0.1) is 0 Å². The van der Waals surface area contributed by atoms with Crippen molar-refractivity contribution in [1.82, 2.24) is 15.2 Å². The van der Waals surface area contributed by atoms with Crippen molar-refractivity contribution in [3.63, 3.8) is 0 Å². The second-order valence-electron chi connectivity index (χ2n) is 7.23. The number of aliphatic hydroxyl groups is 1. The van der Waals surface area contributed by atoms with E-state index in [1.54, 1.807) is 12.4 Å². The van der Waals surface area contributed by atoms with Gasteiger partial charge in [-0.2, -0.15) is 13.2 Å². The molecule has 1 aliphatic heterocycles. The maximum Gasteiger partial charge on any atom is 0.419 e. The van der Waals surface area contributed by atoms with Crippen LogP contribution in [-0.4, -0.2) is 39.8 Å². The van der Waals surface area contributed by atoms with E-state index in [1.165, 1.54) is 12.1 Å². The molecule has 7 nitrogen and oxygen atoms in total. The molecule has 1 aliphatic rings. The van der Waals surface area contributed by atoms with Crippen molar-refractivity contribution >= 4 is 22.9 Å². The van der Waals surface area contributed by atoms with Crippen molar-refractivity contribution < 1.29 is 32.6 Å². The molecule has 2 aromatic carbocycles. The summed E-state index contributed by atoms with van der Waals surface area (Å²) >= 11 is 0. The number of carbonyl (C=O) groups is 2.